The number of rotatable bonds is 6. The molecule has 0 aliphatic carbocycles. The third kappa shape index (κ3) is 3.33. The minimum absolute atomic E-state index is 0.0396. The normalized spacial score (nSPS) is 19.2. The van der Waals surface area contributed by atoms with E-state index in [-0.39, 0.29) is 12.1 Å². The SMILES string of the molecule is CCCN1C(=S)N[C@@H](c2ccccn2)[C@H]1c1cc(C)n(Cc2ccco2)c1C. The summed E-state index contributed by atoms with van der Waals surface area (Å²) in [6, 6.07) is 12.5. The highest BCUT2D eigenvalue weighted by molar-refractivity contribution is 7.80. The van der Waals surface area contributed by atoms with Crippen LogP contribution in [0, 0.1) is 13.8 Å². The molecule has 1 N–H and O–H groups in total. The Labute approximate surface area is 171 Å². The molecule has 0 amide bonds. The average molecular weight is 395 g/mol. The maximum absolute atomic E-state index is 5.70. The fourth-order valence-corrected chi connectivity index (χ4v) is 4.49. The molecule has 28 heavy (non-hydrogen) atoms. The van der Waals surface area contributed by atoms with Crippen LogP contribution in [0.1, 0.15) is 53.8 Å². The lowest BCUT2D eigenvalue weighted by Gasteiger charge is -2.27. The standard InChI is InChI=1S/C22H26N4OS/c1-4-11-25-21(20(24-22(25)28)19-9-5-6-10-23-19)18-13-15(2)26(16(18)3)14-17-8-7-12-27-17/h5-10,12-13,20-21H,4,11,14H2,1-3H3,(H,24,28)/t20-,21+/m0/s1. The quantitative estimate of drug-likeness (QED) is 0.623. The Bertz CT molecular complexity index is 949. The highest BCUT2D eigenvalue weighted by atomic mass is 32.1. The van der Waals surface area contributed by atoms with E-state index in [2.05, 4.69) is 52.7 Å². The van der Waals surface area contributed by atoms with Gasteiger partial charge in [0.1, 0.15) is 5.76 Å². The van der Waals surface area contributed by atoms with Crippen molar-refractivity contribution in [2.75, 3.05) is 6.54 Å². The number of aryl methyl sites for hydroxylation is 1. The van der Waals surface area contributed by atoms with Crippen molar-refractivity contribution in [1.82, 2.24) is 19.8 Å². The van der Waals surface area contributed by atoms with Crippen LogP contribution >= 0.6 is 12.2 Å². The van der Waals surface area contributed by atoms with Gasteiger partial charge in [0.15, 0.2) is 5.11 Å². The molecule has 1 aliphatic heterocycles. The van der Waals surface area contributed by atoms with E-state index in [1.807, 2.05) is 30.5 Å². The molecule has 146 valence electrons. The first-order chi connectivity index (χ1) is 13.6. The van der Waals surface area contributed by atoms with E-state index < -0.39 is 0 Å². The summed E-state index contributed by atoms with van der Waals surface area (Å²) in [6.07, 6.45) is 4.61. The summed E-state index contributed by atoms with van der Waals surface area (Å²) in [5, 5.41) is 4.33. The van der Waals surface area contributed by atoms with E-state index in [4.69, 9.17) is 16.6 Å². The van der Waals surface area contributed by atoms with Crippen molar-refractivity contribution in [3.63, 3.8) is 0 Å². The predicted molar refractivity (Wildman–Crippen MR) is 114 cm³/mol. The molecule has 1 saturated heterocycles. The second kappa shape index (κ2) is 7.80. The monoisotopic (exact) mass is 394 g/mol. The molecule has 6 heteroatoms. The molecular formula is C22H26N4OS. The van der Waals surface area contributed by atoms with Crippen LogP contribution in [-0.4, -0.2) is 26.1 Å². The molecule has 0 spiro atoms. The number of nitrogens with zero attached hydrogens (tertiary/aromatic N) is 3. The number of thiocarbonyl (C=S) groups is 1. The molecule has 4 heterocycles. The molecule has 0 bridgehead atoms. The minimum atomic E-state index is 0.0396. The Kier molecular flexibility index (Phi) is 5.22. The summed E-state index contributed by atoms with van der Waals surface area (Å²) in [7, 11) is 0. The highest BCUT2D eigenvalue weighted by Gasteiger charge is 2.40. The summed E-state index contributed by atoms with van der Waals surface area (Å²) >= 11 is 5.70. The number of aromatic nitrogens is 2. The van der Waals surface area contributed by atoms with Crippen LogP contribution in [-0.2, 0) is 6.54 Å². The van der Waals surface area contributed by atoms with Crippen LogP contribution < -0.4 is 5.32 Å². The highest BCUT2D eigenvalue weighted by Crippen LogP contribution is 2.40. The van der Waals surface area contributed by atoms with E-state index >= 15 is 0 Å². The number of hydrogen-bond acceptors (Lipinski definition) is 3. The summed E-state index contributed by atoms with van der Waals surface area (Å²) in [5.74, 6) is 0.958. The molecule has 5 nitrogen and oxygen atoms in total. The number of nitrogens with one attached hydrogen (secondary N) is 1. The van der Waals surface area contributed by atoms with Gasteiger partial charge < -0.3 is 19.2 Å². The lowest BCUT2D eigenvalue weighted by Crippen LogP contribution is -2.30. The Morgan fingerprint density at radius 2 is 2.07 bits per heavy atom. The lowest BCUT2D eigenvalue weighted by molar-refractivity contribution is 0.316. The van der Waals surface area contributed by atoms with Gasteiger partial charge in [-0.1, -0.05) is 13.0 Å². The summed E-state index contributed by atoms with van der Waals surface area (Å²) in [6.45, 7) is 8.18. The smallest absolute Gasteiger partial charge is 0.170 e. The average Bonchev–Trinajstić information content (AvgIpc) is 3.39. The van der Waals surface area contributed by atoms with E-state index in [9.17, 15) is 0 Å². The van der Waals surface area contributed by atoms with Gasteiger partial charge >= 0.3 is 0 Å². The zero-order chi connectivity index (χ0) is 19.7. The van der Waals surface area contributed by atoms with Crippen molar-refractivity contribution in [1.29, 1.82) is 0 Å². The Morgan fingerprint density at radius 3 is 2.75 bits per heavy atom. The number of hydrogen-bond donors (Lipinski definition) is 1. The van der Waals surface area contributed by atoms with Crippen LogP contribution in [0.2, 0.25) is 0 Å². The molecule has 0 unspecified atom stereocenters. The largest absolute Gasteiger partial charge is 0.467 e. The Balaban J connectivity index is 1.76. The zero-order valence-electron chi connectivity index (χ0n) is 16.6. The van der Waals surface area contributed by atoms with Gasteiger partial charge in [0.25, 0.3) is 0 Å². The van der Waals surface area contributed by atoms with Crippen molar-refractivity contribution in [2.45, 2.75) is 45.8 Å². The first-order valence-corrected chi connectivity index (χ1v) is 10.2. The van der Waals surface area contributed by atoms with Gasteiger partial charge in [-0.25, -0.2) is 0 Å². The second-order valence-electron chi connectivity index (χ2n) is 7.31. The number of pyridine rings is 1. The zero-order valence-corrected chi connectivity index (χ0v) is 17.4. The molecule has 0 aromatic carbocycles. The van der Waals surface area contributed by atoms with Crippen molar-refractivity contribution in [3.8, 4) is 0 Å². The van der Waals surface area contributed by atoms with Crippen LogP contribution in [0.15, 0.2) is 53.3 Å². The summed E-state index contributed by atoms with van der Waals surface area (Å²) in [5.41, 5.74) is 4.77. The first kappa shape index (κ1) is 18.7. The second-order valence-corrected chi connectivity index (χ2v) is 7.70. The van der Waals surface area contributed by atoms with Crippen molar-refractivity contribution >= 4 is 17.3 Å². The van der Waals surface area contributed by atoms with E-state index in [1.54, 1.807) is 6.26 Å². The summed E-state index contributed by atoms with van der Waals surface area (Å²) < 4.78 is 7.89. The van der Waals surface area contributed by atoms with Gasteiger partial charge in [-0.15, -0.1) is 0 Å². The Hall–Kier alpha value is -2.60. The molecule has 3 aromatic rings. The maximum Gasteiger partial charge on any atom is 0.170 e. The lowest BCUT2D eigenvalue weighted by atomic mass is 9.96. The van der Waals surface area contributed by atoms with Gasteiger partial charge in [0.05, 0.1) is 30.6 Å². The third-order valence-corrected chi connectivity index (χ3v) is 5.84. The van der Waals surface area contributed by atoms with Crippen molar-refractivity contribution in [3.05, 3.63) is 77.3 Å². The molecule has 2 atom stereocenters. The van der Waals surface area contributed by atoms with Gasteiger partial charge in [-0.3, -0.25) is 4.98 Å². The van der Waals surface area contributed by atoms with Crippen LogP contribution in [0.25, 0.3) is 0 Å². The molecule has 4 rings (SSSR count). The molecule has 0 radical (unpaired) electrons. The maximum atomic E-state index is 5.70. The van der Waals surface area contributed by atoms with Crippen LogP contribution in [0.5, 0.6) is 0 Å². The molecule has 1 aliphatic rings. The van der Waals surface area contributed by atoms with E-state index in [0.717, 1.165) is 36.1 Å². The first-order valence-electron chi connectivity index (χ1n) is 9.77. The minimum Gasteiger partial charge on any atom is -0.467 e. The van der Waals surface area contributed by atoms with Gasteiger partial charge in [-0.2, -0.15) is 0 Å². The Morgan fingerprint density at radius 1 is 1.21 bits per heavy atom. The van der Waals surface area contributed by atoms with Gasteiger partial charge in [-0.05, 0) is 68.4 Å². The topological polar surface area (TPSA) is 46.2 Å². The number of furan rings is 1. The van der Waals surface area contributed by atoms with Crippen LogP contribution in [0.4, 0.5) is 0 Å². The third-order valence-electron chi connectivity index (χ3n) is 5.49. The van der Waals surface area contributed by atoms with Gasteiger partial charge in [0.2, 0.25) is 0 Å². The van der Waals surface area contributed by atoms with Crippen LogP contribution in [0.3, 0.4) is 0 Å². The molecule has 1 fully saturated rings. The fourth-order valence-electron chi connectivity index (χ4n) is 4.15. The van der Waals surface area contributed by atoms with Crippen molar-refractivity contribution in [2.24, 2.45) is 0 Å². The molecule has 3 aromatic heterocycles. The van der Waals surface area contributed by atoms with Crippen molar-refractivity contribution < 1.29 is 4.42 Å². The molecular weight excluding hydrogens is 368 g/mol. The summed E-state index contributed by atoms with van der Waals surface area (Å²) in [4.78, 5) is 6.93. The van der Waals surface area contributed by atoms with Gasteiger partial charge in [0, 0.05) is 24.1 Å². The van der Waals surface area contributed by atoms with E-state index in [0.29, 0.717) is 0 Å². The fraction of sp³-hybridized carbons (Fsp3) is 0.364. The predicted octanol–water partition coefficient (Wildman–Crippen LogP) is 4.52. The van der Waals surface area contributed by atoms with E-state index in [1.165, 1.54) is 17.0 Å². The molecule has 0 saturated carbocycles.